The fourth-order valence-electron chi connectivity index (χ4n) is 2.18. The fraction of sp³-hybridized carbons (Fsp3) is 0.529. The number of benzene rings is 1. The average molecular weight is 291 g/mol. The van der Waals surface area contributed by atoms with Gasteiger partial charge in [0.25, 0.3) is 0 Å². The number of aldehydes is 1. The topological polar surface area (TPSA) is 55.4 Å². The highest BCUT2D eigenvalue weighted by Crippen LogP contribution is 2.25. The Morgan fingerprint density at radius 1 is 1.29 bits per heavy atom. The zero-order valence-electron chi connectivity index (χ0n) is 13.3. The molecule has 1 aromatic carbocycles. The summed E-state index contributed by atoms with van der Waals surface area (Å²) >= 11 is 0. The Labute approximate surface area is 126 Å². The van der Waals surface area contributed by atoms with E-state index in [0.717, 1.165) is 24.7 Å². The van der Waals surface area contributed by atoms with Gasteiger partial charge in [0.1, 0.15) is 11.9 Å². The summed E-state index contributed by atoms with van der Waals surface area (Å²) < 4.78 is 5.30. The van der Waals surface area contributed by atoms with Crippen molar-refractivity contribution in [2.24, 2.45) is 5.92 Å². The predicted octanol–water partition coefficient (Wildman–Crippen LogP) is 3.87. The maximum absolute atomic E-state index is 12.0. The highest BCUT2D eigenvalue weighted by atomic mass is 16.6. The van der Waals surface area contributed by atoms with Crippen molar-refractivity contribution >= 4 is 12.4 Å². The Morgan fingerprint density at radius 3 is 2.38 bits per heavy atom. The molecular weight excluding hydrogens is 266 g/mol. The van der Waals surface area contributed by atoms with E-state index in [-0.39, 0.29) is 12.0 Å². The van der Waals surface area contributed by atoms with E-state index in [4.69, 9.17) is 4.74 Å². The van der Waals surface area contributed by atoms with Crippen molar-refractivity contribution < 1.29 is 14.3 Å². The SMILES string of the molecule is CCC[C@H](C=O)[C@H](NC(=O)OC(C)(C)C)c1ccccc1. The molecule has 0 aromatic heterocycles. The Hall–Kier alpha value is -1.84. The maximum atomic E-state index is 12.0. The largest absolute Gasteiger partial charge is 0.444 e. The third-order valence-corrected chi connectivity index (χ3v) is 3.06. The van der Waals surface area contributed by atoms with Crippen LogP contribution in [0.1, 0.15) is 52.1 Å². The van der Waals surface area contributed by atoms with Crippen LogP contribution in [-0.2, 0) is 9.53 Å². The van der Waals surface area contributed by atoms with Crippen molar-refractivity contribution in [2.45, 2.75) is 52.2 Å². The summed E-state index contributed by atoms with van der Waals surface area (Å²) in [5.74, 6) is -0.259. The van der Waals surface area contributed by atoms with Gasteiger partial charge in [-0.25, -0.2) is 4.79 Å². The van der Waals surface area contributed by atoms with Crippen molar-refractivity contribution in [3.63, 3.8) is 0 Å². The molecule has 0 bridgehead atoms. The summed E-state index contributed by atoms with van der Waals surface area (Å²) in [6.45, 7) is 7.46. The lowest BCUT2D eigenvalue weighted by Crippen LogP contribution is -2.38. The molecule has 1 aromatic rings. The second-order valence-electron chi connectivity index (χ2n) is 6.12. The lowest BCUT2D eigenvalue weighted by atomic mass is 9.90. The van der Waals surface area contributed by atoms with Crippen LogP contribution < -0.4 is 5.32 Å². The first-order valence-electron chi connectivity index (χ1n) is 7.37. The molecule has 2 atom stereocenters. The number of carbonyl (C=O) groups is 2. The first kappa shape index (κ1) is 17.2. The summed E-state index contributed by atoms with van der Waals surface area (Å²) in [6.07, 6.45) is 2.01. The molecule has 0 unspecified atom stereocenters. The molecule has 0 saturated heterocycles. The molecule has 116 valence electrons. The van der Waals surface area contributed by atoms with Crippen LogP contribution in [0.25, 0.3) is 0 Å². The van der Waals surface area contributed by atoms with E-state index in [1.54, 1.807) is 0 Å². The summed E-state index contributed by atoms with van der Waals surface area (Å²) in [6, 6.07) is 9.16. The van der Waals surface area contributed by atoms with Crippen LogP contribution in [0.15, 0.2) is 30.3 Å². The van der Waals surface area contributed by atoms with Crippen molar-refractivity contribution in [2.75, 3.05) is 0 Å². The number of ether oxygens (including phenoxy) is 1. The zero-order chi connectivity index (χ0) is 15.9. The van der Waals surface area contributed by atoms with Crippen LogP contribution in [0.4, 0.5) is 4.79 Å². The van der Waals surface area contributed by atoms with Gasteiger partial charge in [0.05, 0.1) is 6.04 Å². The Kier molecular flexibility index (Phi) is 6.40. The molecular formula is C17H25NO3. The molecule has 4 nitrogen and oxygen atoms in total. The van der Waals surface area contributed by atoms with Gasteiger partial charge in [-0.05, 0) is 32.8 Å². The number of rotatable bonds is 6. The minimum Gasteiger partial charge on any atom is -0.444 e. The molecule has 0 spiro atoms. The minimum absolute atomic E-state index is 0.259. The van der Waals surface area contributed by atoms with Crippen molar-refractivity contribution in [3.05, 3.63) is 35.9 Å². The number of carbonyl (C=O) groups excluding carboxylic acids is 2. The number of alkyl carbamates (subject to hydrolysis) is 1. The van der Waals surface area contributed by atoms with Crippen molar-refractivity contribution in [1.29, 1.82) is 0 Å². The van der Waals surface area contributed by atoms with Gasteiger partial charge in [-0.2, -0.15) is 0 Å². The van der Waals surface area contributed by atoms with Gasteiger partial charge in [0, 0.05) is 5.92 Å². The van der Waals surface area contributed by atoms with Crippen LogP contribution in [0.2, 0.25) is 0 Å². The van der Waals surface area contributed by atoms with E-state index in [0.29, 0.717) is 0 Å². The maximum Gasteiger partial charge on any atom is 0.408 e. The molecule has 1 rings (SSSR count). The molecule has 0 heterocycles. The highest BCUT2D eigenvalue weighted by molar-refractivity contribution is 5.69. The highest BCUT2D eigenvalue weighted by Gasteiger charge is 2.26. The second kappa shape index (κ2) is 7.81. The van der Waals surface area contributed by atoms with Crippen LogP contribution >= 0.6 is 0 Å². The number of amides is 1. The predicted molar refractivity (Wildman–Crippen MR) is 83.0 cm³/mol. The van der Waals surface area contributed by atoms with Crippen molar-refractivity contribution in [3.8, 4) is 0 Å². The summed E-state index contributed by atoms with van der Waals surface area (Å²) in [5.41, 5.74) is 0.348. The molecule has 1 amide bonds. The van der Waals surface area contributed by atoms with E-state index < -0.39 is 11.7 Å². The standard InChI is InChI=1S/C17H25NO3/c1-5-9-14(12-19)15(13-10-7-6-8-11-13)18-16(20)21-17(2,3)4/h6-8,10-12,14-15H,5,9H2,1-4H3,(H,18,20)/t14-,15-/m1/s1. The summed E-state index contributed by atoms with van der Waals surface area (Å²) in [5, 5.41) is 2.83. The summed E-state index contributed by atoms with van der Waals surface area (Å²) in [4.78, 5) is 23.4. The normalized spacial score (nSPS) is 14.1. The molecule has 0 aliphatic carbocycles. The van der Waals surface area contributed by atoms with Crippen LogP contribution in [-0.4, -0.2) is 18.0 Å². The van der Waals surface area contributed by atoms with Crippen LogP contribution in [0.3, 0.4) is 0 Å². The van der Waals surface area contributed by atoms with E-state index in [9.17, 15) is 9.59 Å². The van der Waals surface area contributed by atoms with E-state index >= 15 is 0 Å². The van der Waals surface area contributed by atoms with Gasteiger partial charge in [-0.3, -0.25) is 0 Å². The van der Waals surface area contributed by atoms with E-state index in [2.05, 4.69) is 5.32 Å². The van der Waals surface area contributed by atoms with Gasteiger partial charge in [0.15, 0.2) is 0 Å². The molecule has 0 saturated carbocycles. The number of hydrogen-bond acceptors (Lipinski definition) is 3. The molecule has 0 fully saturated rings. The molecule has 0 aliphatic heterocycles. The van der Waals surface area contributed by atoms with Crippen LogP contribution in [0, 0.1) is 5.92 Å². The molecule has 0 radical (unpaired) electrons. The quantitative estimate of drug-likeness (QED) is 0.809. The molecule has 1 N–H and O–H groups in total. The van der Waals surface area contributed by atoms with Crippen LogP contribution in [0.5, 0.6) is 0 Å². The Morgan fingerprint density at radius 2 is 1.90 bits per heavy atom. The zero-order valence-corrected chi connectivity index (χ0v) is 13.3. The van der Waals surface area contributed by atoms with Gasteiger partial charge in [-0.1, -0.05) is 43.7 Å². The van der Waals surface area contributed by atoms with Gasteiger partial charge in [0.2, 0.25) is 0 Å². The average Bonchev–Trinajstić information content (AvgIpc) is 2.41. The van der Waals surface area contributed by atoms with E-state index in [1.165, 1.54) is 0 Å². The third kappa shape index (κ3) is 5.98. The Balaban J connectivity index is 2.92. The molecule has 21 heavy (non-hydrogen) atoms. The molecule has 0 aliphatic rings. The van der Waals surface area contributed by atoms with Gasteiger partial charge in [-0.15, -0.1) is 0 Å². The second-order valence-corrected chi connectivity index (χ2v) is 6.12. The first-order chi connectivity index (χ1) is 9.87. The lowest BCUT2D eigenvalue weighted by molar-refractivity contribution is -0.112. The first-order valence-corrected chi connectivity index (χ1v) is 7.37. The lowest BCUT2D eigenvalue weighted by Gasteiger charge is -2.27. The summed E-state index contributed by atoms with van der Waals surface area (Å²) in [7, 11) is 0. The number of nitrogens with one attached hydrogen (secondary N) is 1. The smallest absolute Gasteiger partial charge is 0.408 e. The number of hydrogen-bond donors (Lipinski definition) is 1. The van der Waals surface area contributed by atoms with Gasteiger partial charge >= 0.3 is 6.09 Å². The fourth-order valence-corrected chi connectivity index (χ4v) is 2.18. The third-order valence-electron chi connectivity index (χ3n) is 3.06. The van der Waals surface area contributed by atoms with Gasteiger partial charge < -0.3 is 14.8 Å². The van der Waals surface area contributed by atoms with Crippen molar-refractivity contribution in [1.82, 2.24) is 5.32 Å². The Bertz CT molecular complexity index is 451. The monoisotopic (exact) mass is 291 g/mol. The van der Waals surface area contributed by atoms with E-state index in [1.807, 2.05) is 58.0 Å². The minimum atomic E-state index is -0.563. The molecule has 4 heteroatoms.